The smallest absolute Gasteiger partial charge is 0.224 e. The molecule has 0 atom stereocenters. The van der Waals surface area contributed by atoms with Gasteiger partial charge in [-0.1, -0.05) is 12.1 Å². The number of nitrogens with one attached hydrogen (secondary N) is 2. The highest BCUT2D eigenvalue weighted by atomic mass is 16.2. The Morgan fingerprint density at radius 2 is 1.90 bits per heavy atom. The molecule has 0 spiro atoms. The summed E-state index contributed by atoms with van der Waals surface area (Å²) in [6.45, 7) is 2.95. The second kappa shape index (κ2) is 8.77. The van der Waals surface area contributed by atoms with E-state index in [1.54, 1.807) is 6.20 Å². The third-order valence-corrected chi connectivity index (χ3v) is 5.24. The largest absolute Gasteiger partial charge is 0.361 e. The number of anilines is 2. The van der Waals surface area contributed by atoms with Crippen molar-refractivity contribution in [1.82, 2.24) is 14.9 Å². The van der Waals surface area contributed by atoms with Crippen LogP contribution in [0.25, 0.3) is 10.9 Å². The van der Waals surface area contributed by atoms with E-state index in [4.69, 9.17) is 0 Å². The maximum atomic E-state index is 12.5. The Balaban J connectivity index is 1.18. The molecule has 1 aromatic carbocycles. The van der Waals surface area contributed by atoms with Gasteiger partial charge in [-0.15, -0.1) is 0 Å². The molecule has 1 aliphatic rings. The Bertz CT molecular complexity index is 977. The summed E-state index contributed by atoms with van der Waals surface area (Å²) < 4.78 is 0. The summed E-state index contributed by atoms with van der Waals surface area (Å²) in [5.41, 5.74) is 1.75. The predicted octanol–water partition coefficient (Wildman–Crippen LogP) is 3.02. The van der Waals surface area contributed by atoms with Crippen molar-refractivity contribution >= 4 is 34.2 Å². The molecule has 0 unspecified atom stereocenters. The zero-order valence-corrected chi connectivity index (χ0v) is 16.3. The Kier molecular flexibility index (Phi) is 5.74. The van der Waals surface area contributed by atoms with E-state index >= 15 is 0 Å². The van der Waals surface area contributed by atoms with Gasteiger partial charge in [0, 0.05) is 62.6 Å². The van der Waals surface area contributed by atoms with Crippen LogP contribution in [-0.4, -0.2) is 52.9 Å². The maximum absolute atomic E-state index is 12.5. The molecule has 2 aromatic heterocycles. The molecule has 1 saturated heterocycles. The average molecular weight is 391 g/mol. The number of rotatable bonds is 6. The number of carbonyl (C=O) groups is 2. The van der Waals surface area contributed by atoms with E-state index in [9.17, 15) is 9.59 Å². The van der Waals surface area contributed by atoms with Crippen molar-refractivity contribution in [2.24, 2.45) is 0 Å². The van der Waals surface area contributed by atoms with Gasteiger partial charge in [-0.05, 0) is 42.1 Å². The molecule has 7 nitrogen and oxygen atoms in total. The number of amides is 2. The van der Waals surface area contributed by atoms with Crippen molar-refractivity contribution in [2.45, 2.75) is 19.3 Å². The standard InChI is InChI=1S/C22H25N5O2/c28-21(25-18-8-7-17-9-11-23-19(17)16-18)5-3-6-22(29)27-14-12-26(13-15-27)20-4-1-2-10-24-20/h1-2,4,7-11,16,23H,3,5-6,12-15H2,(H,25,28). The number of benzene rings is 1. The molecule has 1 fully saturated rings. The minimum absolute atomic E-state index is 0.0660. The number of aromatic nitrogens is 2. The van der Waals surface area contributed by atoms with Crippen molar-refractivity contribution in [3.05, 3.63) is 54.9 Å². The van der Waals surface area contributed by atoms with Gasteiger partial charge in [0.1, 0.15) is 5.82 Å². The maximum Gasteiger partial charge on any atom is 0.224 e. The monoisotopic (exact) mass is 391 g/mol. The number of nitrogens with zero attached hydrogens (tertiary/aromatic N) is 3. The molecule has 2 amide bonds. The summed E-state index contributed by atoms with van der Waals surface area (Å²) in [6.07, 6.45) is 4.94. The van der Waals surface area contributed by atoms with E-state index in [-0.39, 0.29) is 11.8 Å². The number of pyridine rings is 1. The summed E-state index contributed by atoms with van der Waals surface area (Å²) in [5, 5.41) is 4.01. The number of aromatic amines is 1. The Morgan fingerprint density at radius 1 is 1.03 bits per heavy atom. The third-order valence-electron chi connectivity index (χ3n) is 5.24. The number of fused-ring (bicyclic) bond motifs is 1. The van der Waals surface area contributed by atoms with Gasteiger partial charge < -0.3 is 20.1 Å². The molecule has 0 saturated carbocycles. The van der Waals surface area contributed by atoms with Gasteiger partial charge in [0.15, 0.2) is 0 Å². The van der Waals surface area contributed by atoms with Gasteiger partial charge in [-0.3, -0.25) is 9.59 Å². The Morgan fingerprint density at radius 3 is 2.69 bits per heavy atom. The first-order valence-corrected chi connectivity index (χ1v) is 10.00. The third kappa shape index (κ3) is 4.74. The topological polar surface area (TPSA) is 81.3 Å². The lowest BCUT2D eigenvalue weighted by Crippen LogP contribution is -2.49. The summed E-state index contributed by atoms with van der Waals surface area (Å²) in [4.78, 5) is 36.2. The second-order valence-corrected chi connectivity index (χ2v) is 7.24. The SMILES string of the molecule is O=C(CCCC(=O)N1CCN(c2ccccn2)CC1)Nc1ccc2cc[nH]c2c1. The Hall–Kier alpha value is -3.35. The average Bonchev–Trinajstić information content (AvgIpc) is 3.22. The number of hydrogen-bond acceptors (Lipinski definition) is 4. The number of hydrogen-bond donors (Lipinski definition) is 2. The van der Waals surface area contributed by atoms with E-state index in [1.807, 2.05) is 53.6 Å². The fraction of sp³-hybridized carbons (Fsp3) is 0.318. The molecule has 0 radical (unpaired) electrons. The van der Waals surface area contributed by atoms with Crippen LogP contribution in [-0.2, 0) is 9.59 Å². The van der Waals surface area contributed by atoms with E-state index in [0.717, 1.165) is 35.5 Å². The van der Waals surface area contributed by atoms with Gasteiger partial charge in [0.05, 0.1) is 0 Å². The van der Waals surface area contributed by atoms with Gasteiger partial charge in [-0.25, -0.2) is 4.98 Å². The van der Waals surface area contributed by atoms with Crippen LogP contribution < -0.4 is 10.2 Å². The summed E-state index contributed by atoms with van der Waals surface area (Å²) >= 11 is 0. The van der Waals surface area contributed by atoms with Gasteiger partial charge in [-0.2, -0.15) is 0 Å². The minimum atomic E-state index is -0.0660. The van der Waals surface area contributed by atoms with Crippen molar-refractivity contribution in [3.8, 4) is 0 Å². The lowest BCUT2D eigenvalue weighted by atomic mass is 10.2. The molecule has 2 N–H and O–H groups in total. The van der Waals surface area contributed by atoms with Crippen LogP contribution in [0.15, 0.2) is 54.9 Å². The van der Waals surface area contributed by atoms with E-state index < -0.39 is 0 Å². The molecule has 0 bridgehead atoms. The second-order valence-electron chi connectivity index (χ2n) is 7.24. The summed E-state index contributed by atoms with van der Waals surface area (Å²) in [5.74, 6) is 1.00. The number of carbonyl (C=O) groups excluding carboxylic acids is 2. The van der Waals surface area contributed by atoms with Crippen LogP contribution >= 0.6 is 0 Å². The zero-order valence-electron chi connectivity index (χ0n) is 16.3. The molecule has 3 heterocycles. The fourth-order valence-electron chi connectivity index (χ4n) is 3.63. The highest BCUT2D eigenvalue weighted by Gasteiger charge is 2.21. The van der Waals surface area contributed by atoms with Crippen molar-refractivity contribution < 1.29 is 9.59 Å². The lowest BCUT2D eigenvalue weighted by molar-refractivity contribution is -0.131. The van der Waals surface area contributed by atoms with Crippen LogP contribution in [0.5, 0.6) is 0 Å². The molecule has 150 valence electrons. The van der Waals surface area contributed by atoms with Crippen LogP contribution in [0.4, 0.5) is 11.5 Å². The molecule has 1 aliphatic heterocycles. The first kappa shape index (κ1) is 19.0. The van der Waals surface area contributed by atoms with Crippen LogP contribution in [0.2, 0.25) is 0 Å². The molecular formula is C22H25N5O2. The van der Waals surface area contributed by atoms with Crippen molar-refractivity contribution in [2.75, 3.05) is 36.4 Å². The van der Waals surface area contributed by atoms with Crippen molar-refractivity contribution in [3.63, 3.8) is 0 Å². The van der Waals surface area contributed by atoms with Crippen LogP contribution in [0, 0.1) is 0 Å². The number of piperazine rings is 1. The first-order valence-electron chi connectivity index (χ1n) is 10.00. The molecule has 7 heteroatoms. The quantitative estimate of drug-likeness (QED) is 0.677. The summed E-state index contributed by atoms with van der Waals surface area (Å²) in [7, 11) is 0. The van der Waals surface area contributed by atoms with Gasteiger partial charge in [0.2, 0.25) is 11.8 Å². The number of H-pyrrole nitrogens is 1. The summed E-state index contributed by atoms with van der Waals surface area (Å²) in [6, 6.07) is 13.6. The molecule has 0 aliphatic carbocycles. The van der Waals surface area contributed by atoms with Gasteiger partial charge >= 0.3 is 0 Å². The van der Waals surface area contributed by atoms with E-state index in [0.29, 0.717) is 32.4 Å². The molecular weight excluding hydrogens is 366 g/mol. The van der Waals surface area contributed by atoms with E-state index in [1.165, 1.54) is 0 Å². The minimum Gasteiger partial charge on any atom is -0.361 e. The Labute approximate surface area is 169 Å². The van der Waals surface area contributed by atoms with Crippen LogP contribution in [0.1, 0.15) is 19.3 Å². The highest BCUT2D eigenvalue weighted by molar-refractivity contribution is 5.93. The highest BCUT2D eigenvalue weighted by Crippen LogP contribution is 2.18. The fourth-order valence-corrected chi connectivity index (χ4v) is 3.63. The normalized spacial score (nSPS) is 14.2. The lowest BCUT2D eigenvalue weighted by Gasteiger charge is -2.35. The van der Waals surface area contributed by atoms with E-state index in [2.05, 4.69) is 20.2 Å². The van der Waals surface area contributed by atoms with Gasteiger partial charge in [0.25, 0.3) is 0 Å². The first-order chi connectivity index (χ1) is 14.2. The zero-order chi connectivity index (χ0) is 20.1. The molecule has 29 heavy (non-hydrogen) atoms. The molecule has 3 aromatic rings. The van der Waals surface area contributed by atoms with Crippen LogP contribution in [0.3, 0.4) is 0 Å². The predicted molar refractivity (Wildman–Crippen MR) is 114 cm³/mol. The van der Waals surface area contributed by atoms with Crippen molar-refractivity contribution in [1.29, 1.82) is 0 Å². The molecule has 4 rings (SSSR count).